The predicted molar refractivity (Wildman–Crippen MR) is 98.8 cm³/mol. The molecule has 27 heavy (non-hydrogen) atoms. The summed E-state index contributed by atoms with van der Waals surface area (Å²) >= 11 is 0. The standard InChI is InChI=1S/C19H16N4O4/c1-12-15(19(25)23(22-12)14-5-3-2-4-6-14)10-20-21-18(24)13-7-8-16-17(9-13)27-11-26-16/h2-10,22H,11H2,1H3,(H,21,24). The highest BCUT2D eigenvalue weighted by atomic mass is 16.7. The lowest BCUT2D eigenvalue weighted by Crippen LogP contribution is -2.20. The van der Waals surface area contributed by atoms with Crippen LogP contribution >= 0.6 is 0 Å². The number of hydrogen-bond acceptors (Lipinski definition) is 5. The first-order chi connectivity index (χ1) is 13.1. The third kappa shape index (κ3) is 3.20. The molecule has 0 fully saturated rings. The second-order valence-corrected chi connectivity index (χ2v) is 5.89. The molecule has 2 heterocycles. The van der Waals surface area contributed by atoms with Crippen LogP contribution in [0.15, 0.2) is 58.4 Å². The van der Waals surface area contributed by atoms with Crippen LogP contribution in [0.25, 0.3) is 5.69 Å². The number of para-hydroxylation sites is 1. The van der Waals surface area contributed by atoms with Gasteiger partial charge >= 0.3 is 0 Å². The summed E-state index contributed by atoms with van der Waals surface area (Å²) in [6.07, 6.45) is 1.33. The van der Waals surface area contributed by atoms with Crippen LogP contribution in [0.2, 0.25) is 0 Å². The van der Waals surface area contributed by atoms with Gasteiger partial charge in [-0.25, -0.2) is 10.1 Å². The first-order valence-electron chi connectivity index (χ1n) is 8.23. The molecule has 2 aromatic carbocycles. The number of aryl methyl sites for hydroxylation is 1. The summed E-state index contributed by atoms with van der Waals surface area (Å²) in [6, 6.07) is 14.1. The lowest BCUT2D eigenvalue weighted by Gasteiger charge is -2.01. The van der Waals surface area contributed by atoms with Gasteiger partial charge in [-0.05, 0) is 37.3 Å². The second kappa shape index (κ2) is 6.83. The van der Waals surface area contributed by atoms with E-state index in [-0.39, 0.29) is 12.4 Å². The summed E-state index contributed by atoms with van der Waals surface area (Å²) in [6.45, 7) is 1.90. The van der Waals surface area contributed by atoms with E-state index < -0.39 is 5.91 Å². The molecule has 8 heteroatoms. The highest BCUT2D eigenvalue weighted by Gasteiger charge is 2.16. The number of aromatic nitrogens is 2. The molecule has 136 valence electrons. The number of benzene rings is 2. The van der Waals surface area contributed by atoms with Gasteiger partial charge in [-0.2, -0.15) is 5.10 Å². The molecule has 3 aromatic rings. The van der Waals surface area contributed by atoms with Crippen molar-refractivity contribution in [3.8, 4) is 17.2 Å². The molecule has 8 nitrogen and oxygen atoms in total. The average Bonchev–Trinajstić information content (AvgIpc) is 3.27. The van der Waals surface area contributed by atoms with E-state index in [1.165, 1.54) is 10.9 Å². The van der Waals surface area contributed by atoms with Crippen molar-refractivity contribution in [3.05, 3.63) is 75.7 Å². The van der Waals surface area contributed by atoms with Crippen LogP contribution in [0.1, 0.15) is 21.6 Å². The van der Waals surface area contributed by atoms with Crippen LogP contribution in [0.5, 0.6) is 11.5 Å². The summed E-state index contributed by atoms with van der Waals surface area (Å²) in [4.78, 5) is 24.8. The van der Waals surface area contributed by atoms with Crippen LogP contribution in [0, 0.1) is 6.92 Å². The Hall–Kier alpha value is -3.81. The maximum absolute atomic E-state index is 12.6. The zero-order valence-corrected chi connectivity index (χ0v) is 14.4. The monoisotopic (exact) mass is 364 g/mol. The fourth-order valence-electron chi connectivity index (χ4n) is 2.73. The molecule has 1 aliphatic heterocycles. The van der Waals surface area contributed by atoms with Crippen molar-refractivity contribution >= 4 is 12.1 Å². The molecule has 1 aliphatic rings. The van der Waals surface area contributed by atoms with Crippen molar-refractivity contribution in [1.29, 1.82) is 0 Å². The van der Waals surface area contributed by atoms with E-state index in [4.69, 9.17) is 9.47 Å². The number of hydrogen-bond donors (Lipinski definition) is 2. The highest BCUT2D eigenvalue weighted by molar-refractivity contribution is 5.95. The van der Waals surface area contributed by atoms with Crippen LogP contribution in [0.3, 0.4) is 0 Å². The van der Waals surface area contributed by atoms with Crippen molar-refractivity contribution in [2.45, 2.75) is 6.92 Å². The lowest BCUT2D eigenvalue weighted by molar-refractivity contribution is 0.0954. The number of amides is 1. The molecule has 0 atom stereocenters. The Balaban J connectivity index is 1.51. The number of fused-ring (bicyclic) bond motifs is 1. The van der Waals surface area contributed by atoms with Crippen molar-refractivity contribution in [2.24, 2.45) is 5.10 Å². The molecule has 4 rings (SSSR count). The number of aromatic amines is 1. The molecule has 0 unspecified atom stereocenters. The van der Waals surface area contributed by atoms with E-state index in [0.717, 1.165) is 5.69 Å². The Morgan fingerprint density at radius 3 is 2.78 bits per heavy atom. The number of carbonyl (C=O) groups excluding carboxylic acids is 1. The van der Waals surface area contributed by atoms with E-state index in [1.807, 2.05) is 30.3 Å². The van der Waals surface area contributed by atoms with Crippen molar-refractivity contribution < 1.29 is 14.3 Å². The van der Waals surface area contributed by atoms with Crippen molar-refractivity contribution in [1.82, 2.24) is 15.2 Å². The number of hydrazone groups is 1. The predicted octanol–water partition coefficient (Wildman–Crippen LogP) is 1.97. The van der Waals surface area contributed by atoms with Gasteiger partial charge in [0.2, 0.25) is 6.79 Å². The molecule has 0 saturated heterocycles. The normalized spacial score (nSPS) is 12.5. The minimum Gasteiger partial charge on any atom is -0.454 e. The van der Waals surface area contributed by atoms with E-state index in [9.17, 15) is 9.59 Å². The zero-order valence-electron chi connectivity index (χ0n) is 14.4. The number of ether oxygens (including phenoxy) is 2. The molecule has 1 amide bonds. The Morgan fingerprint density at radius 2 is 1.96 bits per heavy atom. The molecule has 1 aromatic heterocycles. The third-order valence-corrected chi connectivity index (χ3v) is 4.13. The Labute approximate surface area is 154 Å². The Morgan fingerprint density at radius 1 is 1.19 bits per heavy atom. The first kappa shape index (κ1) is 16.6. The van der Waals surface area contributed by atoms with Gasteiger partial charge in [0.15, 0.2) is 11.5 Å². The van der Waals surface area contributed by atoms with Crippen molar-refractivity contribution in [3.63, 3.8) is 0 Å². The minimum absolute atomic E-state index is 0.138. The maximum atomic E-state index is 12.6. The fraction of sp³-hybridized carbons (Fsp3) is 0.105. The summed E-state index contributed by atoms with van der Waals surface area (Å²) in [7, 11) is 0. The summed E-state index contributed by atoms with van der Waals surface area (Å²) in [5.74, 6) is 0.694. The van der Waals surface area contributed by atoms with Gasteiger partial charge in [0.25, 0.3) is 11.5 Å². The summed E-state index contributed by atoms with van der Waals surface area (Å²) < 4.78 is 11.9. The van der Waals surface area contributed by atoms with Gasteiger partial charge < -0.3 is 9.47 Å². The largest absolute Gasteiger partial charge is 0.454 e. The van der Waals surface area contributed by atoms with E-state index in [0.29, 0.717) is 28.3 Å². The zero-order chi connectivity index (χ0) is 18.8. The molecule has 2 N–H and O–H groups in total. The third-order valence-electron chi connectivity index (χ3n) is 4.13. The molecule has 0 bridgehead atoms. The van der Waals surface area contributed by atoms with Crippen LogP contribution in [-0.2, 0) is 0 Å². The number of H-pyrrole nitrogens is 1. The maximum Gasteiger partial charge on any atom is 0.280 e. The quantitative estimate of drug-likeness (QED) is 0.546. The molecule has 0 saturated carbocycles. The van der Waals surface area contributed by atoms with Gasteiger partial charge in [-0.1, -0.05) is 18.2 Å². The average molecular weight is 364 g/mol. The van der Waals surface area contributed by atoms with E-state index in [1.54, 1.807) is 25.1 Å². The lowest BCUT2D eigenvalue weighted by atomic mass is 10.2. The van der Waals surface area contributed by atoms with Gasteiger partial charge in [0, 0.05) is 11.3 Å². The van der Waals surface area contributed by atoms with Crippen LogP contribution in [0.4, 0.5) is 0 Å². The van der Waals surface area contributed by atoms with Gasteiger partial charge in [-0.3, -0.25) is 14.7 Å². The summed E-state index contributed by atoms with van der Waals surface area (Å²) in [5, 5.41) is 6.91. The minimum atomic E-state index is -0.416. The Kier molecular flexibility index (Phi) is 4.21. The van der Waals surface area contributed by atoms with Crippen LogP contribution < -0.4 is 20.5 Å². The molecule has 0 spiro atoms. The number of rotatable bonds is 4. The SMILES string of the molecule is Cc1[nH]n(-c2ccccc2)c(=O)c1C=NNC(=O)c1ccc2c(c1)OCO2. The van der Waals surface area contributed by atoms with E-state index in [2.05, 4.69) is 15.6 Å². The van der Waals surface area contributed by atoms with E-state index >= 15 is 0 Å². The van der Waals surface area contributed by atoms with Crippen LogP contribution in [-0.4, -0.2) is 28.7 Å². The molecular weight excluding hydrogens is 348 g/mol. The number of nitrogens with one attached hydrogen (secondary N) is 2. The topological polar surface area (TPSA) is 97.7 Å². The second-order valence-electron chi connectivity index (χ2n) is 5.89. The molecule has 0 radical (unpaired) electrons. The van der Waals surface area contributed by atoms with Gasteiger partial charge in [-0.15, -0.1) is 0 Å². The molecular formula is C19H16N4O4. The molecule has 0 aliphatic carbocycles. The number of carbonyl (C=O) groups is 1. The Bertz CT molecular complexity index is 1080. The first-order valence-corrected chi connectivity index (χ1v) is 8.23. The van der Waals surface area contributed by atoms with Crippen molar-refractivity contribution in [2.75, 3.05) is 6.79 Å². The van der Waals surface area contributed by atoms with Gasteiger partial charge in [0.05, 0.1) is 17.5 Å². The number of nitrogens with zero attached hydrogens (tertiary/aromatic N) is 2. The fourth-order valence-corrected chi connectivity index (χ4v) is 2.73. The van der Waals surface area contributed by atoms with Gasteiger partial charge in [0.1, 0.15) is 0 Å². The smallest absolute Gasteiger partial charge is 0.280 e. The summed E-state index contributed by atoms with van der Waals surface area (Å²) in [5.41, 5.74) is 4.27. The highest BCUT2D eigenvalue weighted by Crippen LogP contribution is 2.32.